The van der Waals surface area contributed by atoms with E-state index in [0.29, 0.717) is 25.2 Å². The van der Waals surface area contributed by atoms with Crippen LogP contribution < -0.4 is 16.0 Å². The van der Waals surface area contributed by atoms with E-state index in [-0.39, 0.29) is 5.91 Å². The number of hydrogen-bond acceptors (Lipinski definition) is 4. The van der Waals surface area contributed by atoms with Crippen molar-refractivity contribution in [1.82, 2.24) is 4.98 Å². The summed E-state index contributed by atoms with van der Waals surface area (Å²) in [5, 5.41) is 2.78. The maximum Gasteiger partial charge on any atom is 0.225 e. The summed E-state index contributed by atoms with van der Waals surface area (Å²) < 4.78 is 0. The van der Waals surface area contributed by atoms with Gasteiger partial charge in [-0.3, -0.25) is 4.79 Å². The van der Waals surface area contributed by atoms with Crippen molar-refractivity contribution in [3.63, 3.8) is 0 Å². The standard InChI is InChI=1S/C14H22N4O/c15-8-4-5-14(19)17-13-7-6-12(11-16-13)18-9-2-1-3-10-18/h6-7,11H,1-5,8-10,15H2,(H,16,17,19). The number of anilines is 2. The number of pyridine rings is 1. The molecule has 0 atom stereocenters. The zero-order valence-electron chi connectivity index (χ0n) is 11.3. The van der Waals surface area contributed by atoms with Gasteiger partial charge >= 0.3 is 0 Å². The molecule has 0 saturated carbocycles. The van der Waals surface area contributed by atoms with Crippen LogP contribution in [0.1, 0.15) is 32.1 Å². The number of nitrogens with zero attached hydrogens (tertiary/aromatic N) is 2. The number of hydrogen-bond donors (Lipinski definition) is 2. The summed E-state index contributed by atoms with van der Waals surface area (Å²) in [6.07, 6.45) is 6.81. The van der Waals surface area contributed by atoms with Gasteiger partial charge in [0.1, 0.15) is 5.82 Å². The van der Waals surface area contributed by atoms with Gasteiger partial charge in [0.05, 0.1) is 11.9 Å². The molecule has 0 radical (unpaired) electrons. The Morgan fingerprint density at radius 1 is 1.32 bits per heavy atom. The summed E-state index contributed by atoms with van der Waals surface area (Å²) in [6.45, 7) is 2.74. The molecule has 19 heavy (non-hydrogen) atoms. The lowest BCUT2D eigenvalue weighted by molar-refractivity contribution is -0.116. The van der Waals surface area contributed by atoms with Gasteiger partial charge in [0, 0.05) is 19.5 Å². The van der Waals surface area contributed by atoms with Crippen molar-refractivity contribution in [2.75, 3.05) is 29.9 Å². The second-order valence-corrected chi connectivity index (χ2v) is 4.89. The fraction of sp³-hybridized carbons (Fsp3) is 0.571. The van der Waals surface area contributed by atoms with E-state index in [1.165, 1.54) is 19.3 Å². The van der Waals surface area contributed by atoms with E-state index in [0.717, 1.165) is 18.8 Å². The van der Waals surface area contributed by atoms with E-state index in [1.54, 1.807) is 0 Å². The average Bonchev–Trinajstić information content (AvgIpc) is 2.47. The predicted octanol–water partition coefficient (Wildman–Crippen LogP) is 1.75. The van der Waals surface area contributed by atoms with E-state index < -0.39 is 0 Å². The summed E-state index contributed by atoms with van der Waals surface area (Å²) in [4.78, 5) is 18.2. The van der Waals surface area contributed by atoms with Crippen LogP contribution in [0.5, 0.6) is 0 Å². The Morgan fingerprint density at radius 2 is 2.11 bits per heavy atom. The lowest BCUT2D eigenvalue weighted by Crippen LogP contribution is -2.29. The van der Waals surface area contributed by atoms with Crippen LogP contribution in [0, 0.1) is 0 Å². The molecular formula is C14H22N4O. The van der Waals surface area contributed by atoms with Crippen LogP contribution in [0.15, 0.2) is 18.3 Å². The number of aromatic nitrogens is 1. The van der Waals surface area contributed by atoms with Gasteiger partial charge < -0.3 is 16.0 Å². The Kier molecular flexibility index (Phi) is 5.15. The molecule has 5 nitrogen and oxygen atoms in total. The number of carbonyl (C=O) groups is 1. The number of nitrogens with two attached hydrogens (primary N) is 1. The predicted molar refractivity (Wildman–Crippen MR) is 77.2 cm³/mol. The molecule has 1 fully saturated rings. The third kappa shape index (κ3) is 4.21. The summed E-state index contributed by atoms with van der Waals surface area (Å²) in [5.74, 6) is 0.589. The molecule has 1 aliphatic heterocycles. The quantitative estimate of drug-likeness (QED) is 0.848. The molecule has 0 spiro atoms. The van der Waals surface area contributed by atoms with Gasteiger partial charge in [-0.25, -0.2) is 4.98 Å². The highest BCUT2D eigenvalue weighted by Crippen LogP contribution is 2.19. The van der Waals surface area contributed by atoms with Crippen LogP contribution in [-0.4, -0.2) is 30.5 Å². The third-order valence-electron chi connectivity index (χ3n) is 3.34. The molecule has 2 rings (SSSR count). The van der Waals surface area contributed by atoms with Gasteiger partial charge in [-0.2, -0.15) is 0 Å². The molecule has 1 aromatic heterocycles. The van der Waals surface area contributed by atoms with Crippen molar-refractivity contribution in [1.29, 1.82) is 0 Å². The topological polar surface area (TPSA) is 71.2 Å². The smallest absolute Gasteiger partial charge is 0.225 e. The Morgan fingerprint density at radius 3 is 2.74 bits per heavy atom. The summed E-state index contributed by atoms with van der Waals surface area (Å²) >= 11 is 0. The number of carbonyl (C=O) groups excluding carboxylic acids is 1. The normalized spacial score (nSPS) is 15.3. The van der Waals surface area contributed by atoms with Gasteiger partial charge in [-0.15, -0.1) is 0 Å². The van der Waals surface area contributed by atoms with Crippen LogP contribution in [0.25, 0.3) is 0 Å². The molecule has 5 heteroatoms. The zero-order valence-corrected chi connectivity index (χ0v) is 11.3. The Labute approximate surface area is 114 Å². The summed E-state index contributed by atoms with van der Waals surface area (Å²) in [7, 11) is 0. The molecule has 1 aromatic rings. The number of amides is 1. The minimum Gasteiger partial charge on any atom is -0.370 e. The molecule has 1 saturated heterocycles. The molecule has 0 aliphatic carbocycles. The van der Waals surface area contributed by atoms with Crippen molar-refractivity contribution in [2.45, 2.75) is 32.1 Å². The highest BCUT2D eigenvalue weighted by Gasteiger charge is 2.11. The second-order valence-electron chi connectivity index (χ2n) is 4.89. The van der Waals surface area contributed by atoms with Crippen molar-refractivity contribution in [3.8, 4) is 0 Å². The minimum atomic E-state index is -0.0244. The van der Waals surface area contributed by atoms with Gasteiger partial charge in [0.25, 0.3) is 0 Å². The van der Waals surface area contributed by atoms with E-state index in [4.69, 9.17) is 5.73 Å². The minimum absolute atomic E-state index is 0.0244. The maximum atomic E-state index is 11.5. The lowest BCUT2D eigenvalue weighted by Gasteiger charge is -2.28. The molecular weight excluding hydrogens is 240 g/mol. The van der Waals surface area contributed by atoms with Crippen molar-refractivity contribution >= 4 is 17.4 Å². The van der Waals surface area contributed by atoms with E-state index in [2.05, 4.69) is 15.2 Å². The zero-order chi connectivity index (χ0) is 13.5. The molecule has 2 heterocycles. The Bertz CT molecular complexity index is 398. The van der Waals surface area contributed by atoms with Crippen LogP contribution in [0.2, 0.25) is 0 Å². The average molecular weight is 262 g/mol. The van der Waals surface area contributed by atoms with E-state index in [1.807, 2.05) is 18.3 Å². The SMILES string of the molecule is NCCCC(=O)Nc1ccc(N2CCCCC2)cn1. The molecule has 1 amide bonds. The van der Waals surface area contributed by atoms with Crippen LogP contribution >= 0.6 is 0 Å². The van der Waals surface area contributed by atoms with Gasteiger partial charge in [-0.05, 0) is 44.4 Å². The maximum absolute atomic E-state index is 11.5. The fourth-order valence-electron chi connectivity index (χ4n) is 2.27. The lowest BCUT2D eigenvalue weighted by atomic mass is 10.1. The molecule has 3 N–H and O–H groups in total. The van der Waals surface area contributed by atoms with Crippen molar-refractivity contribution in [2.24, 2.45) is 5.73 Å². The first kappa shape index (κ1) is 13.8. The van der Waals surface area contributed by atoms with Crippen molar-refractivity contribution < 1.29 is 4.79 Å². The molecule has 0 bridgehead atoms. The summed E-state index contributed by atoms with van der Waals surface area (Å²) in [5.41, 5.74) is 6.51. The van der Waals surface area contributed by atoms with Gasteiger partial charge in [0.15, 0.2) is 0 Å². The van der Waals surface area contributed by atoms with Crippen LogP contribution in [0.3, 0.4) is 0 Å². The highest BCUT2D eigenvalue weighted by molar-refractivity contribution is 5.89. The largest absolute Gasteiger partial charge is 0.370 e. The number of rotatable bonds is 5. The van der Waals surface area contributed by atoms with Crippen molar-refractivity contribution in [3.05, 3.63) is 18.3 Å². The Balaban J connectivity index is 1.88. The fourth-order valence-corrected chi connectivity index (χ4v) is 2.27. The first-order chi connectivity index (χ1) is 9.29. The first-order valence-electron chi connectivity index (χ1n) is 7.00. The second kappa shape index (κ2) is 7.09. The van der Waals surface area contributed by atoms with E-state index >= 15 is 0 Å². The molecule has 0 aromatic carbocycles. The van der Waals surface area contributed by atoms with Gasteiger partial charge in [0.2, 0.25) is 5.91 Å². The van der Waals surface area contributed by atoms with Crippen LogP contribution in [0.4, 0.5) is 11.5 Å². The van der Waals surface area contributed by atoms with Crippen LogP contribution in [-0.2, 0) is 4.79 Å². The monoisotopic (exact) mass is 262 g/mol. The number of nitrogens with one attached hydrogen (secondary N) is 1. The van der Waals surface area contributed by atoms with E-state index in [9.17, 15) is 4.79 Å². The Hall–Kier alpha value is -1.62. The van der Waals surface area contributed by atoms with Gasteiger partial charge in [-0.1, -0.05) is 0 Å². The summed E-state index contributed by atoms with van der Waals surface area (Å²) in [6, 6.07) is 3.89. The number of piperidine rings is 1. The molecule has 104 valence electrons. The molecule has 1 aliphatic rings. The first-order valence-corrected chi connectivity index (χ1v) is 7.00. The third-order valence-corrected chi connectivity index (χ3v) is 3.34. The molecule has 0 unspecified atom stereocenters. The highest BCUT2D eigenvalue weighted by atomic mass is 16.1.